The number of rotatable bonds is 29. The Kier molecular flexibility index (Phi) is 30.8. The molecular weight excluding hydrogens is 472 g/mol. The van der Waals surface area contributed by atoms with Crippen LogP contribution in [0.2, 0.25) is 0 Å². The fraction of sp³-hybridized carbons (Fsp3) is 0.882. The molecule has 0 aromatic heterocycles. The highest BCUT2D eigenvalue weighted by Crippen LogP contribution is 2.14. The van der Waals surface area contributed by atoms with Gasteiger partial charge in [0.1, 0.15) is 0 Å². The third-order valence-corrected chi connectivity index (χ3v) is 7.35. The number of carbonyl (C=O) groups excluding carboxylic acids is 2. The van der Waals surface area contributed by atoms with Crippen LogP contribution in [0.1, 0.15) is 194 Å². The molecule has 0 aliphatic rings. The van der Waals surface area contributed by atoms with E-state index in [4.69, 9.17) is 0 Å². The molecule has 0 atom stereocenters. The normalized spacial score (nSPS) is 11.3. The Labute approximate surface area is 237 Å². The molecule has 224 valence electrons. The molecule has 0 aromatic rings. The van der Waals surface area contributed by atoms with Gasteiger partial charge < -0.3 is 0 Å². The van der Waals surface area contributed by atoms with E-state index >= 15 is 0 Å². The zero-order chi connectivity index (χ0) is 27.8. The summed E-state index contributed by atoms with van der Waals surface area (Å²) in [6.45, 7) is 4.52. The predicted molar refractivity (Wildman–Crippen MR) is 162 cm³/mol. The van der Waals surface area contributed by atoms with Crippen molar-refractivity contribution in [2.24, 2.45) is 0 Å². The van der Waals surface area contributed by atoms with Gasteiger partial charge in [-0.25, -0.2) is 19.4 Å². The Balaban J connectivity index is 3.32. The number of allylic oxidation sites excluding steroid dienone is 2. The van der Waals surface area contributed by atoms with Gasteiger partial charge in [-0.2, -0.15) is 0 Å². The van der Waals surface area contributed by atoms with Crippen LogP contribution in [-0.4, -0.2) is 11.9 Å². The van der Waals surface area contributed by atoms with Gasteiger partial charge in [0.2, 0.25) is 0 Å². The van der Waals surface area contributed by atoms with Crippen molar-refractivity contribution in [2.45, 2.75) is 194 Å². The van der Waals surface area contributed by atoms with Crippen molar-refractivity contribution in [1.82, 2.24) is 0 Å². The topological polar surface area (TPSA) is 52.6 Å². The Morgan fingerprint density at radius 3 is 0.974 bits per heavy atom. The molecule has 0 rings (SSSR count). The average molecular weight is 537 g/mol. The van der Waals surface area contributed by atoms with Crippen LogP contribution in [0, 0.1) is 0 Å². The van der Waals surface area contributed by atoms with E-state index in [1.54, 1.807) is 0 Å². The minimum Gasteiger partial charge on any atom is -0.247 e. The van der Waals surface area contributed by atoms with E-state index < -0.39 is 11.9 Å². The molecule has 0 amide bonds. The van der Waals surface area contributed by atoms with Crippen LogP contribution in [-0.2, 0) is 19.4 Å². The lowest BCUT2D eigenvalue weighted by Crippen LogP contribution is -2.11. The van der Waals surface area contributed by atoms with Crippen LogP contribution in [0.5, 0.6) is 0 Å². The third kappa shape index (κ3) is 30.9. The highest BCUT2D eigenvalue weighted by molar-refractivity contribution is 5.72. The summed E-state index contributed by atoms with van der Waals surface area (Å²) in [6.07, 6.45) is 37.8. The molecule has 0 saturated heterocycles. The molecule has 0 bridgehead atoms. The highest BCUT2D eigenvalue weighted by atomic mass is 17.2. The second kappa shape index (κ2) is 31.9. The summed E-state index contributed by atoms with van der Waals surface area (Å²) in [5, 5.41) is 0. The SMILES string of the molecule is CCCCCCCCC=CCCCCCCCC(=O)OOC(=O)CCCCCCCCCCCCCCC. The van der Waals surface area contributed by atoms with Crippen LogP contribution >= 0.6 is 0 Å². The van der Waals surface area contributed by atoms with Crippen LogP contribution in [0.25, 0.3) is 0 Å². The smallest absolute Gasteiger partial charge is 0.247 e. The molecule has 0 saturated carbocycles. The molecule has 0 aliphatic heterocycles. The summed E-state index contributed by atoms with van der Waals surface area (Å²) in [5.41, 5.74) is 0. The molecule has 4 heteroatoms. The fourth-order valence-electron chi connectivity index (χ4n) is 4.80. The first kappa shape index (κ1) is 36.7. The van der Waals surface area contributed by atoms with Crippen molar-refractivity contribution in [3.8, 4) is 0 Å². The van der Waals surface area contributed by atoms with Crippen molar-refractivity contribution in [3.63, 3.8) is 0 Å². The minimum absolute atomic E-state index is 0.324. The first-order valence-electron chi connectivity index (χ1n) is 16.8. The summed E-state index contributed by atoms with van der Waals surface area (Å²) in [4.78, 5) is 32.9. The van der Waals surface area contributed by atoms with Gasteiger partial charge in [-0.05, 0) is 38.5 Å². The monoisotopic (exact) mass is 536 g/mol. The van der Waals surface area contributed by atoms with Crippen LogP contribution < -0.4 is 0 Å². The standard InChI is InChI=1S/C34H64O4/c1-3-5-7-9-11-13-15-17-18-20-22-24-26-28-30-32-34(36)38-37-33(35)31-29-27-25-23-21-19-16-14-12-10-8-6-4-2/h17-18H,3-16,19-32H2,1-2H3. The predicted octanol–water partition coefficient (Wildman–Crippen LogP) is 11.5. The first-order valence-corrected chi connectivity index (χ1v) is 16.8. The summed E-state index contributed by atoms with van der Waals surface area (Å²) in [5.74, 6) is -0.854. The molecule has 0 unspecified atom stereocenters. The largest absolute Gasteiger partial charge is 0.355 e. The van der Waals surface area contributed by atoms with Gasteiger partial charge in [0.05, 0.1) is 12.8 Å². The molecule has 0 N–H and O–H groups in total. The second-order valence-electron chi connectivity index (χ2n) is 11.2. The van der Waals surface area contributed by atoms with E-state index in [0.717, 1.165) is 38.5 Å². The molecule has 4 nitrogen and oxygen atoms in total. The van der Waals surface area contributed by atoms with Crippen LogP contribution in [0.15, 0.2) is 12.2 Å². The summed E-state index contributed by atoms with van der Waals surface area (Å²) in [7, 11) is 0. The Morgan fingerprint density at radius 1 is 0.395 bits per heavy atom. The first-order chi connectivity index (χ1) is 18.7. The Hall–Kier alpha value is -1.32. The summed E-state index contributed by atoms with van der Waals surface area (Å²) >= 11 is 0. The fourth-order valence-corrected chi connectivity index (χ4v) is 4.80. The number of hydrogen-bond donors (Lipinski definition) is 0. The van der Waals surface area contributed by atoms with Gasteiger partial charge in [-0.3, -0.25) is 0 Å². The lowest BCUT2D eigenvalue weighted by molar-refractivity contribution is -0.259. The van der Waals surface area contributed by atoms with Gasteiger partial charge in [0.25, 0.3) is 0 Å². The number of carbonyl (C=O) groups is 2. The van der Waals surface area contributed by atoms with E-state index in [-0.39, 0.29) is 0 Å². The van der Waals surface area contributed by atoms with E-state index in [1.165, 1.54) is 128 Å². The maximum atomic E-state index is 11.8. The molecule has 0 heterocycles. The molecule has 0 radical (unpaired) electrons. The molecule has 0 aliphatic carbocycles. The number of hydrogen-bond acceptors (Lipinski definition) is 4. The van der Waals surface area contributed by atoms with E-state index in [1.807, 2.05) is 0 Å². The van der Waals surface area contributed by atoms with Crippen molar-refractivity contribution in [2.75, 3.05) is 0 Å². The zero-order valence-electron chi connectivity index (χ0n) is 25.6. The van der Waals surface area contributed by atoms with Gasteiger partial charge in [0, 0.05) is 0 Å². The maximum Gasteiger partial charge on any atom is 0.355 e. The van der Waals surface area contributed by atoms with Gasteiger partial charge in [-0.15, -0.1) is 0 Å². The van der Waals surface area contributed by atoms with Crippen molar-refractivity contribution in [1.29, 1.82) is 0 Å². The highest BCUT2D eigenvalue weighted by Gasteiger charge is 2.09. The Bertz CT molecular complexity index is 529. The zero-order valence-corrected chi connectivity index (χ0v) is 25.6. The molecule has 0 aromatic carbocycles. The average Bonchev–Trinajstić information content (AvgIpc) is 2.92. The van der Waals surface area contributed by atoms with Gasteiger partial charge in [0.15, 0.2) is 0 Å². The Morgan fingerprint density at radius 2 is 0.658 bits per heavy atom. The van der Waals surface area contributed by atoms with Crippen LogP contribution in [0.4, 0.5) is 0 Å². The van der Waals surface area contributed by atoms with E-state index in [2.05, 4.69) is 35.8 Å². The van der Waals surface area contributed by atoms with Crippen molar-refractivity contribution < 1.29 is 19.4 Å². The summed E-state index contributed by atoms with van der Waals surface area (Å²) < 4.78 is 0. The number of unbranched alkanes of at least 4 members (excludes halogenated alkanes) is 23. The van der Waals surface area contributed by atoms with Crippen LogP contribution in [0.3, 0.4) is 0 Å². The molecular formula is C34H64O4. The van der Waals surface area contributed by atoms with Gasteiger partial charge in [-0.1, -0.05) is 154 Å². The summed E-state index contributed by atoms with van der Waals surface area (Å²) in [6, 6.07) is 0. The van der Waals surface area contributed by atoms with Crippen molar-refractivity contribution in [3.05, 3.63) is 12.2 Å². The minimum atomic E-state index is -0.429. The van der Waals surface area contributed by atoms with E-state index in [9.17, 15) is 9.59 Å². The van der Waals surface area contributed by atoms with E-state index in [0.29, 0.717) is 12.8 Å². The lowest BCUT2D eigenvalue weighted by atomic mass is 10.0. The lowest BCUT2D eigenvalue weighted by Gasteiger charge is -2.04. The molecule has 0 spiro atoms. The molecule has 0 fully saturated rings. The van der Waals surface area contributed by atoms with Crippen molar-refractivity contribution >= 4 is 11.9 Å². The van der Waals surface area contributed by atoms with Gasteiger partial charge >= 0.3 is 11.9 Å². The second-order valence-corrected chi connectivity index (χ2v) is 11.2. The quantitative estimate of drug-likeness (QED) is 0.0413. The molecule has 38 heavy (non-hydrogen) atoms. The maximum absolute atomic E-state index is 11.8. The third-order valence-electron chi connectivity index (χ3n) is 7.35.